The van der Waals surface area contributed by atoms with Gasteiger partial charge in [-0.2, -0.15) is 0 Å². The number of hydrogen-bond acceptors (Lipinski definition) is 3. The zero-order valence-electron chi connectivity index (χ0n) is 5.22. The lowest BCUT2D eigenvalue weighted by Crippen LogP contribution is -2.09. The molecule has 0 N–H and O–H groups in total. The van der Waals surface area contributed by atoms with Crippen molar-refractivity contribution in [1.82, 2.24) is 0 Å². The van der Waals surface area contributed by atoms with Crippen molar-refractivity contribution in [2.24, 2.45) is 0 Å². The van der Waals surface area contributed by atoms with Crippen molar-refractivity contribution in [1.29, 1.82) is 0 Å². The lowest BCUT2D eigenvalue weighted by atomic mass is 10.2. The number of hydrogen-bond donors (Lipinski definition) is 0. The summed E-state index contributed by atoms with van der Waals surface area (Å²) in [5.74, 6) is 0.871. The lowest BCUT2D eigenvalue weighted by molar-refractivity contribution is -0.120. The van der Waals surface area contributed by atoms with E-state index in [0.29, 0.717) is 12.2 Å². The number of Topliss-reactive ketones (excluding diaryl/α,β-unsaturated/α-hetero) is 2. The maximum atomic E-state index is 10.6. The van der Waals surface area contributed by atoms with Crippen molar-refractivity contribution in [3.63, 3.8) is 0 Å². The Labute approximate surface area is 58.0 Å². The molecule has 1 aliphatic rings. The van der Waals surface area contributed by atoms with Gasteiger partial charge >= 0.3 is 0 Å². The Bertz CT molecular complexity index is 153. The molecule has 0 aromatic heterocycles. The molecule has 2 nitrogen and oxygen atoms in total. The molecule has 0 aliphatic carbocycles. The molecule has 1 rings (SSSR count). The first-order chi connectivity index (χ1) is 4.20. The van der Waals surface area contributed by atoms with Crippen molar-refractivity contribution in [3.05, 3.63) is 0 Å². The first-order valence-electron chi connectivity index (χ1n) is 2.84. The van der Waals surface area contributed by atoms with Gasteiger partial charge in [0.05, 0.1) is 11.0 Å². The summed E-state index contributed by atoms with van der Waals surface area (Å²) in [5, 5.41) is -0.0301. The third-order valence-corrected chi connectivity index (χ3v) is 2.70. The average Bonchev–Trinajstić information content (AvgIpc) is 2.14. The molecule has 0 amide bonds. The fraction of sp³-hybridized carbons (Fsp3) is 0.667. The summed E-state index contributed by atoms with van der Waals surface area (Å²) in [7, 11) is 0. The highest BCUT2D eigenvalue weighted by atomic mass is 32.2. The Morgan fingerprint density at radius 2 is 2.44 bits per heavy atom. The van der Waals surface area contributed by atoms with E-state index >= 15 is 0 Å². The molecule has 1 fully saturated rings. The van der Waals surface area contributed by atoms with Gasteiger partial charge in [-0.1, -0.05) is 0 Å². The second-order valence-corrected chi connectivity index (χ2v) is 3.34. The van der Waals surface area contributed by atoms with Crippen LogP contribution in [-0.2, 0) is 9.59 Å². The van der Waals surface area contributed by atoms with Crippen LogP contribution in [0.1, 0.15) is 13.3 Å². The molecule has 0 bridgehead atoms. The minimum absolute atomic E-state index is 0.0301. The predicted octanol–water partition coefficient (Wildman–Crippen LogP) is 0.650. The molecule has 3 heteroatoms. The minimum Gasteiger partial charge on any atom is -0.299 e. The van der Waals surface area contributed by atoms with Crippen LogP contribution in [0.25, 0.3) is 0 Å². The van der Waals surface area contributed by atoms with E-state index in [9.17, 15) is 9.59 Å². The first kappa shape index (κ1) is 6.81. The number of carbonyl (C=O) groups is 2. The van der Waals surface area contributed by atoms with E-state index in [1.54, 1.807) is 0 Å². The second kappa shape index (κ2) is 2.52. The maximum absolute atomic E-state index is 10.6. The molecule has 9 heavy (non-hydrogen) atoms. The van der Waals surface area contributed by atoms with Crippen LogP contribution in [0.4, 0.5) is 0 Å². The van der Waals surface area contributed by atoms with Crippen LogP contribution in [0, 0.1) is 0 Å². The van der Waals surface area contributed by atoms with Gasteiger partial charge in [-0.05, 0) is 6.92 Å². The smallest absolute Gasteiger partial charge is 0.144 e. The molecule has 1 unspecified atom stereocenters. The van der Waals surface area contributed by atoms with E-state index < -0.39 is 0 Å². The molecular formula is C6H8O2S. The molecule has 1 heterocycles. The summed E-state index contributed by atoms with van der Waals surface area (Å²) in [4.78, 5) is 21.2. The number of thioether (sulfide) groups is 1. The summed E-state index contributed by atoms with van der Waals surface area (Å²) in [6.07, 6.45) is 0.458. The topological polar surface area (TPSA) is 34.1 Å². The van der Waals surface area contributed by atoms with Crippen molar-refractivity contribution >= 4 is 23.3 Å². The number of rotatable bonds is 1. The summed E-state index contributed by atoms with van der Waals surface area (Å²) in [6, 6.07) is 0. The van der Waals surface area contributed by atoms with Crippen LogP contribution in [0.3, 0.4) is 0 Å². The molecule has 1 saturated heterocycles. The van der Waals surface area contributed by atoms with Gasteiger partial charge in [-0.25, -0.2) is 0 Å². The quantitative estimate of drug-likeness (QED) is 0.542. The van der Waals surface area contributed by atoms with E-state index in [1.807, 2.05) is 0 Å². The number of carbonyl (C=O) groups excluding carboxylic acids is 2. The maximum Gasteiger partial charge on any atom is 0.144 e. The zero-order chi connectivity index (χ0) is 6.85. The van der Waals surface area contributed by atoms with Crippen LogP contribution >= 0.6 is 11.8 Å². The van der Waals surface area contributed by atoms with Crippen LogP contribution in [0.5, 0.6) is 0 Å². The third kappa shape index (κ3) is 1.55. The highest BCUT2D eigenvalue weighted by Crippen LogP contribution is 2.23. The molecule has 50 valence electrons. The predicted molar refractivity (Wildman–Crippen MR) is 36.6 cm³/mol. The fourth-order valence-electron chi connectivity index (χ4n) is 0.779. The van der Waals surface area contributed by atoms with E-state index in [2.05, 4.69) is 0 Å². The highest BCUT2D eigenvalue weighted by molar-refractivity contribution is 8.01. The van der Waals surface area contributed by atoms with Crippen molar-refractivity contribution in [3.8, 4) is 0 Å². The van der Waals surface area contributed by atoms with E-state index in [1.165, 1.54) is 18.7 Å². The van der Waals surface area contributed by atoms with Crippen molar-refractivity contribution in [2.75, 3.05) is 5.75 Å². The van der Waals surface area contributed by atoms with Gasteiger partial charge in [-0.3, -0.25) is 9.59 Å². The monoisotopic (exact) mass is 144 g/mol. The molecule has 1 atom stereocenters. The van der Waals surface area contributed by atoms with Crippen LogP contribution in [0.15, 0.2) is 0 Å². The average molecular weight is 144 g/mol. The first-order valence-corrected chi connectivity index (χ1v) is 3.89. The van der Waals surface area contributed by atoms with E-state index in [4.69, 9.17) is 0 Å². The number of ketones is 2. The van der Waals surface area contributed by atoms with Crippen LogP contribution in [-0.4, -0.2) is 22.6 Å². The third-order valence-electron chi connectivity index (χ3n) is 1.31. The van der Waals surface area contributed by atoms with Gasteiger partial charge in [0.25, 0.3) is 0 Å². The van der Waals surface area contributed by atoms with Gasteiger partial charge in [0, 0.05) is 6.42 Å². The summed E-state index contributed by atoms with van der Waals surface area (Å²) >= 11 is 1.46. The van der Waals surface area contributed by atoms with Crippen LogP contribution < -0.4 is 0 Å². The molecule has 0 radical (unpaired) electrons. The SMILES string of the molecule is CC(=O)C1CC(=O)CS1. The van der Waals surface area contributed by atoms with E-state index in [-0.39, 0.29) is 16.8 Å². The Morgan fingerprint density at radius 3 is 2.67 bits per heavy atom. The van der Waals surface area contributed by atoms with Crippen molar-refractivity contribution in [2.45, 2.75) is 18.6 Å². The molecule has 0 aromatic rings. The molecule has 0 saturated carbocycles. The summed E-state index contributed by atoms with van der Waals surface area (Å²) in [6.45, 7) is 1.54. The summed E-state index contributed by atoms with van der Waals surface area (Å²) < 4.78 is 0. The largest absolute Gasteiger partial charge is 0.299 e. The Kier molecular flexibility index (Phi) is 1.90. The highest BCUT2D eigenvalue weighted by Gasteiger charge is 2.25. The Morgan fingerprint density at radius 1 is 1.78 bits per heavy atom. The van der Waals surface area contributed by atoms with Gasteiger partial charge in [0.15, 0.2) is 0 Å². The fourth-order valence-corrected chi connectivity index (χ4v) is 1.82. The van der Waals surface area contributed by atoms with Gasteiger partial charge in [-0.15, -0.1) is 11.8 Å². The van der Waals surface area contributed by atoms with Gasteiger partial charge in [0.1, 0.15) is 11.6 Å². The van der Waals surface area contributed by atoms with Gasteiger partial charge in [0.2, 0.25) is 0 Å². The summed E-state index contributed by atoms with van der Waals surface area (Å²) in [5.41, 5.74) is 0. The normalized spacial score (nSPS) is 26.8. The lowest BCUT2D eigenvalue weighted by Gasteiger charge is -1.97. The molecule has 1 aliphatic heterocycles. The van der Waals surface area contributed by atoms with Gasteiger partial charge < -0.3 is 0 Å². The van der Waals surface area contributed by atoms with Crippen molar-refractivity contribution < 1.29 is 9.59 Å². The second-order valence-electron chi connectivity index (χ2n) is 2.15. The minimum atomic E-state index is -0.0301. The Hall–Kier alpha value is -0.310. The standard InChI is InChI=1S/C6H8O2S/c1-4(7)6-2-5(8)3-9-6/h6H,2-3H2,1H3. The Balaban J connectivity index is 2.48. The van der Waals surface area contributed by atoms with Crippen LogP contribution in [0.2, 0.25) is 0 Å². The van der Waals surface area contributed by atoms with E-state index in [0.717, 1.165) is 0 Å². The zero-order valence-corrected chi connectivity index (χ0v) is 6.03. The molecular weight excluding hydrogens is 136 g/mol. The molecule has 0 aromatic carbocycles. The molecule has 0 spiro atoms.